The number of aliphatic carboxylic acids is 1. The highest BCUT2D eigenvalue weighted by molar-refractivity contribution is 6.34. The third-order valence-electron chi connectivity index (χ3n) is 8.96. The smallest absolute Gasteiger partial charge is 0.291 e. The highest BCUT2D eigenvalue weighted by Crippen LogP contribution is 2.31. The number of imidazole rings is 1. The molecule has 2 aliphatic rings. The molecule has 0 spiro atoms. The molecule has 0 unspecified atom stereocenters. The first-order chi connectivity index (χ1) is 22.3. The van der Waals surface area contributed by atoms with Gasteiger partial charge in [0.2, 0.25) is 11.7 Å². The minimum absolute atomic E-state index is 0.0241. The summed E-state index contributed by atoms with van der Waals surface area (Å²) >= 11 is 6.47. The van der Waals surface area contributed by atoms with Crippen LogP contribution in [0.5, 0.6) is 5.75 Å². The number of likely N-dealkylation sites (tertiary alicyclic amines) is 1. The molecule has 47 heavy (non-hydrogen) atoms. The average Bonchev–Trinajstić information content (AvgIpc) is 3.42. The summed E-state index contributed by atoms with van der Waals surface area (Å²) in [5.41, 5.74) is 0.600. The van der Waals surface area contributed by atoms with Crippen LogP contribution in [0.3, 0.4) is 0 Å². The topological polar surface area (TPSA) is 137 Å². The fourth-order valence-electron chi connectivity index (χ4n) is 6.18. The molecule has 2 aromatic carbocycles. The first-order valence-corrected chi connectivity index (χ1v) is 15.5. The van der Waals surface area contributed by atoms with Crippen molar-refractivity contribution < 1.29 is 42.3 Å². The lowest BCUT2D eigenvalue weighted by atomic mass is 9.93. The zero-order chi connectivity index (χ0) is 34.0. The van der Waals surface area contributed by atoms with Crippen molar-refractivity contribution in [2.24, 2.45) is 13.0 Å². The van der Waals surface area contributed by atoms with Crippen LogP contribution in [0.4, 0.5) is 14.5 Å². The minimum atomic E-state index is -1.16. The number of piperidine rings is 1. The van der Waals surface area contributed by atoms with Gasteiger partial charge in [0, 0.05) is 63.2 Å². The monoisotopic (exact) mass is 672 g/mol. The van der Waals surface area contributed by atoms with Crippen molar-refractivity contribution in [3.8, 4) is 17.0 Å². The first-order valence-electron chi connectivity index (χ1n) is 15.1. The number of ether oxygens (including phenoxy) is 1. The molecule has 0 bridgehead atoms. The number of halogens is 3. The van der Waals surface area contributed by atoms with E-state index in [1.54, 1.807) is 9.80 Å². The van der Waals surface area contributed by atoms with E-state index in [4.69, 9.17) is 16.3 Å². The SMILES string of the molecule is COc1ccc(-c2cnc(C(=O)Nc3ccc(C(=O)N4CCN(C(=O)C5CC[N+](C)(CC(=O)[O-])CC5)CC4)c(Cl)c3)n2C)c(F)c1F. The number of carboxylic acids is 1. The third-order valence-corrected chi connectivity index (χ3v) is 9.28. The van der Waals surface area contributed by atoms with Gasteiger partial charge in [-0.1, -0.05) is 11.6 Å². The largest absolute Gasteiger partial charge is 0.544 e. The van der Waals surface area contributed by atoms with E-state index < -0.39 is 23.5 Å². The Morgan fingerprint density at radius 1 is 1.04 bits per heavy atom. The van der Waals surface area contributed by atoms with Crippen LogP contribution in [0.25, 0.3) is 11.3 Å². The van der Waals surface area contributed by atoms with E-state index in [1.165, 1.54) is 55.3 Å². The molecule has 3 aromatic rings. The number of carbonyl (C=O) groups is 4. The highest BCUT2D eigenvalue weighted by Gasteiger charge is 2.36. The van der Waals surface area contributed by atoms with Gasteiger partial charge < -0.3 is 38.8 Å². The second kappa shape index (κ2) is 13.7. The van der Waals surface area contributed by atoms with Crippen LogP contribution < -0.4 is 15.2 Å². The molecular formula is C32H35ClF2N6O6. The number of carbonyl (C=O) groups excluding carboxylic acids is 4. The van der Waals surface area contributed by atoms with E-state index in [9.17, 15) is 33.1 Å². The van der Waals surface area contributed by atoms with Gasteiger partial charge in [0.1, 0.15) is 6.54 Å². The van der Waals surface area contributed by atoms with Crippen LogP contribution in [0.15, 0.2) is 36.5 Å². The molecule has 0 aliphatic carbocycles. The van der Waals surface area contributed by atoms with Crippen LogP contribution in [0.2, 0.25) is 5.02 Å². The molecular weight excluding hydrogens is 638 g/mol. The van der Waals surface area contributed by atoms with Gasteiger partial charge in [0.25, 0.3) is 11.8 Å². The van der Waals surface area contributed by atoms with Crippen LogP contribution >= 0.6 is 11.6 Å². The van der Waals surface area contributed by atoms with E-state index in [-0.39, 0.29) is 57.7 Å². The fraction of sp³-hybridized carbons (Fsp3) is 0.406. The third kappa shape index (κ3) is 7.08. The summed E-state index contributed by atoms with van der Waals surface area (Å²) in [6, 6.07) is 7.07. The summed E-state index contributed by atoms with van der Waals surface area (Å²) in [5.74, 6) is -4.80. The van der Waals surface area contributed by atoms with Crippen molar-refractivity contribution in [3.05, 3.63) is 64.6 Å². The summed E-state index contributed by atoms with van der Waals surface area (Å²) in [5, 5.41) is 13.8. The molecule has 0 saturated carbocycles. The van der Waals surface area contributed by atoms with E-state index in [0.717, 1.165) is 0 Å². The molecule has 1 N–H and O–H groups in total. The van der Waals surface area contributed by atoms with Crippen LogP contribution in [-0.4, -0.2) is 107 Å². The standard InChI is InChI=1S/C32H35ClF2N6O6/c1-38-24(22-6-7-25(47-3)28(35)27(22)34)17-36-29(38)30(44)37-20-4-5-21(23(33)16-20)32(46)40-12-10-39(11-13-40)31(45)19-8-14-41(2,15-9-19)18-26(42)43/h4-7,16-17,19H,8-15,18H2,1-3H3,(H-,37,42,43,44,46). The summed E-state index contributed by atoms with van der Waals surface area (Å²) in [4.78, 5) is 58.0. The Morgan fingerprint density at radius 3 is 2.32 bits per heavy atom. The van der Waals surface area contributed by atoms with Crippen molar-refractivity contribution in [2.45, 2.75) is 12.8 Å². The van der Waals surface area contributed by atoms with Gasteiger partial charge in [-0.3, -0.25) is 14.4 Å². The number of amides is 3. The fourth-order valence-corrected chi connectivity index (χ4v) is 6.44. The van der Waals surface area contributed by atoms with Gasteiger partial charge in [-0.05, 0) is 30.3 Å². The predicted octanol–water partition coefficient (Wildman–Crippen LogP) is 2.17. The normalized spacial score (nSPS) is 19.7. The number of hydrogen-bond donors (Lipinski definition) is 1. The minimum Gasteiger partial charge on any atom is -0.544 e. The maximum absolute atomic E-state index is 14.7. The Hall–Kier alpha value is -4.56. The molecule has 2 aliphatic heterocycles. The van der Waals surface area contributed by atoms with E-state index in [0.29, 0.717) is 62.3 Å². The van der Waals surface area contributed by atoms with E-state index in [2.05, 4.69) is 10.3 Å². The number of quaternary nitrogens is 1. The van der Waals surface area contributed by atoms with Crippen LogP contribution in [0, 0.1) is 17.6 Å². The van der Waals surface area contributed by atoms with Crippen molar-refractivity contribution in [1.82, 2.24) is 19.4 Å². The lowest BCUT2D eigenvalue weighted by Gasteiger charge is -2.42. The Balaban J connectivity index is 1.17. The molecule has 250 valence electrons. The van der Waals surface area contributed by atoms with Crippen LogP contribution in [0.1, 0.15) is 33.8 Å². The summed E-state index contributed by atoms with van der Waals surface area (Å²) in [6.45, 7) is 2.50. The number of benzene rings is 2. The summed E-state index contributed by atoms with van der Waals surface area (Å²) in [7, 11) is 4.58. The first kappa shape index (κ1) is 33.8. The average molecular weight is 673 g/mol. The van der Waals surface area contributed by atoms with Crippen molar-refractivity contribution in [2.75, 3.05) is 65.3 Å². The highest BCUT2D eigenvalue weighted by atomic mass is 35.5. The zero-order valence-corrected chi connectivity index (χ0v) is 27.0. The molecule has 15 heteroatoms. The lowest BCUT2D eigenvalue weighted by molar-refractivity contribution is -0.909. The number of methoxy groups -OCH3 is 1. The Kier molecular flexibility index (Phi) is 9.82. The molecule has 3 heterocycles. The maximum Gasteiger partial charge on any atom is 0.291 e. The number of anilines is 1. The van der Waals surface area contributed by atoms with E-state index >= 15 is 0 Å². The number of likely N-dealkylation sites (N-methyl/N-ethyl adjacent to an activating group) is 1. The van der Waals surface area contributed by atoms with E-state index in [1.807, 2.05) is 7.05 Å². The quantitative estimate of drug-likeness (QED) is 0.362. The van der Waals surface area contributed by atoms with Crippen molar-refractivity contribution >= 4 is 41.0 Å². The molecule has 3 amide bonds. The second-order valence-corrected chi connectivity index (χ2v) is 12.5. The number of nitrogens with one attached hydrogen (secondary N) is 1. The van der Waals surface area contributed by atoms with Crippen molar-refractivity contribution in [3.63, 3.8) is 0 Å². The van der Waals surface area contributed by atoms with Gasteiger partial charge in [-0.2, -0.15) is 4.39 Å². The predicted molar refractivity (Wildman–Crippen MR) is 166 cm³/mol. The number of hydrogen-bond acceptors (Lipinski definition) is 7. The number of nitrogens with zero attached hydrogens (tertiary/aromatic N) is 5. The molecule has 0 radical (unpaired) electrons. The van der Waals surface area contributed by atoms with Crippen molar-refractivity contribution in [1.29, 1.82) is 0 Å². The molecule has 1 aromatic heterocycles. The Labute approximate surface area is 275 Å². The van der Waals surface area contributed by atoms with Gasteiger partial charge in [-0.25, -0.2) is 9.37 Å². The van der Waals surface area contributed by atoms with Gasteiger partial charge >= 0.3 is 0 Å². The number of piperazine rings is 1. The molecule has 2 saturated heterocycles. The van der Waals surface area contributed by atoms with Gasteiger partial charge in [0.05, 0.1) is 55.7 Å². The van der Waals surface area contributed by atoms with Gasteiger partial charge in [-0.15, -0.1) is 0 Å². The number of aromatic nitrogens is 2. The number of rotatable bonds is 8. The molecule has 2 fully saturated rings. The zero-order valence-electron chi connectivity index (χ0n) is 26.2. The summed E-state index contributed by atoms with van der Waals surface area (Å²) in [6.07, 6.45) is 2.46. The molecule has 12 nitrogen and oxygen atoms in total. The Morgan fingerprint density at radius 2 is 1.70 bits per heavy atom. The molecule has 0 atom stereocenters. The summed E-state index contributed by atoms with van der Waals surface area (Å²) < 4.78 is 35.4. The molecule has 5 rings (SSSR count). The number of carboxylic acid groups (broad SMARTS) is 1. The van der Waals surface area contributed by atoms with Crippen LogP contribution in [-0.2, 0) is 16.6 Å². The van der Waals surface area contributed by atoms with Gasteiger partial charge in [0.15, 0.2) is 17.4 Å². The Bertz CT molecular complexity index is 1720. The second-order valence-electron chi connectivity index (χ2n) is 12.1. The lowest BCUT2D eigenvalue weighted by Crippen LogP contribution is -2.57. The maximum atomic E-state index is 14.7.